The van der Waals surface area contributed by atoms with Crippen molar-refractivity contribution < 1.29 is 23.0 Å². The van der Waals surface area contributed by atoms with Crippen molar-refractivity contribution in [2.75, 3.05) is 6.61 Å². The zero-order valence-electron chi connectivity index (χ0n) is 18.2. The molecule has 0 saturated heterocycles. The summed E-state index contributed by atoms with van der Waals surface area (Å²) in [6.07, 6.45) is 4.02. The second-order valence-electron chi connectivity index (χ2n) is 7.49. The fourth-order valence-corrected chi connectivity index (χ4v) is 3.61. The number of aliphatic hydroxyl groups is 1. The van der Waals surface area contributed by atoms with Gasteiger partial charge in [-0.1, -0.05) is 23.9 Å². The third kappa shape index (κ3) is 4.47. The van der Waals surface area contributed by atoms with Gasteiger partial charge in [0.2, 0.25) is 0 Å². The van der Waals surface area contributed by atoms with E-state index in [1.54, 1.807) is 6.07 Å². The van der Waals surface area contributed by atoms with Gasteiger partial charge in [0.25, 0.3) is 0 Å². The van der Waals surface area contributed by atoms with Gasteiger partial charge in [-0.3, -0.25) is 0 Å². The third-order valence-electron chi connectivity index (χ3n) is 5.36. The topological polar surface area (TPSA) is 90.9 Å². The number of halogens is 3. The molecule has 2 heterocycles. The van der Waals surface area contributed by atoms with Crippen LogP contribution < -0.4 is 0 Å². The zero-order valence-corrected chi connectivity index (χ0v) is 18.2. The molecule has 0 radical (unpaired) electrons. The van der Waals surface area contributed by atoms with Crippen molar-refractivity contribution in [3.8, 4) is 11.3 Å². The molecule has 0 bridgehead atoms. The lowest BCUT2D eigenvalue weighted by Crippen LogP contribution is -2.34. The van der Waals surface area contributed by atoms with Crippen LogP contribution in [-0.4, -0.2) is 41.5 Å². The lowest BCUT2D eigenvalue weighted by atomic mass is 9.82. The van der Waals surface area contributed by atoms with Gasteiger partial charge >= 0.3 is 0 Å². The molecule has 1 atom stereocenters. The number of hydrogen-bond acceptors (Lipinski definition) is 6. The van der Waals surface area contributed by atoms with E-state index in [0.29, 0.717) is 23.9 Å². The van der Waals surface area contributed by atoms with E-state index in [0.717, 1.165) is 12.1 Å². The first-order chi connectivity index (χ1) is 16.3. The fraction of sp³-hybridized carbons (Fsp3) is 0.217. The van der Waals surface area contributed by atoms with Gasteiger partial charge in [-0.25, -0.2) is 27.5 Å². The molecule has 0 saturated carbocycles. The van der Waals surface area contributed by atoms with Gasteiger partial charge in [0.1, 0.15) is 42.4 Å². The van der Waals surface area contributed by atoms with E-state index in [4.69, 9.17) is 4.74 Å². The van der Waals surface area contributed by atoms with E-state index >= 15 is 4.39 Å². The van der Waals surface area contributed by atoms with E-state index in [9.17, 15) is 13.9 Å². The van der Waals surface area contributed by atoms with E-state index in [1.807, 2.05) is 6.92 Å². The Bertz CT molecular complexity index is 1310. The molecule has 0 spiro atoms. The standard InChI is InChI=1S/C23H21F3N6O2/c1-3-34-14-32-22(10-28-30-32)16-4-6-18(20(25)8-16)15(2)23(33,11-31-13-27-12-29-31)19-7-5-17(24)9-21(19)26/h4-10,12-13,33H,2-3,11,14H2,1H3. The summed E-state index contributed by atoms with van der Waals surface area (Å²) in [6.45, 7) is 5.98. The Balaban J connectivity index is 1.74. The molecule has 2 aromatic heterocycles. The summed E-state index contributed by atoms with van der Waals surface area (Å²) in [5, 5.41) is 23.3. The van der Waals surface area contributed by atoms with Gasteiger partial charge in [-0.15, -0.1) is 5.10 Å². The van der Waals surface area contributed by atoms with Crippen molar-refractivity contribution in [3.05, 3.63) is 90.4 Å². The van der Waals surface area contributed by atoms with Crippen LogP contribution in [0, 0.1) is 17.5 Å². The molecule has 176 valence electrons. The van der Waals surface area contributed by atoms with E-state index in [2.05, 4.69) is 27.0 Å². The number of aromatic nitrogens is 6. The predicted molar refractivity (Wildman–Crippen MR) is 116 cm³/mol. The van der Waals surface area contributed by atoms with Gasteiger partial charge in [-0.2, -0.15) is 5.10 Å². The smallest absolute Gasteiger partial charge is 0.141 e. The zero-order chi connectivity index (χ0) is 24.3. The van der Waals surface area contributed by atoms with Crippen LogP contribution in [0.4, 0.5) is 13.2 Å². The largest absolute Gasteiger partial charge is 0.378 e. The first-order valence-electron chi connectivity index (χ1n) is 10.3. The summed E-state index contributed by atoms with van der Waals surface area (Å²) in [6, 6.07) is 6.99. The predicted octanol–water partition coefficient (Wildman–Crippen LogP) is 3.55. The van der Waals surface area contributed by atoms with Crippen LogP contribution in [0.2, 0.25) is 0 Å². The molecular formula is C23H21F3N6O2. The summed E-state index contributed by atoms with van der Waals surface area (Å²) in [5.74, 6) is -2.54. The maximum Gasteiger partial charge on any atom is 0.141 e. The molecule has 4 aromatic rings. The second-order valence-corrected chi connectivity index (χ2v) is 7.49. The lowest BCUT2D eigenvalue weighted by molar-refractivity contribution is 0.0723. The summed E-state index contributed by atoms with van der Waals surface area (Å²) >= 11 is 0. The molecule has 34 heavy (non-hydrogen) atoms. The van der Waals surface area contributed by atoms with Crippen LogP contribution >= 0.6 is 0 Å². The van der Waals surface area contributed by atoms with Crippen LogP contribution in [0.15, 0.2) is 61.8 Å². The van der Waals surface area contributed by atoms with Crippen molar-refractivity contribution in [1.29, 1.82) is 0 Å². The average molecular weight is 470 g/mol. The monoisotopic (exact) mass is 470 g/mol. The van der Waals surface area contributed by atoms with Gasteiger partial charge in [-0.05, 0) is 30.7 Å². The first-order valence-corrected chi connectivity index (χ1v) is 10.3. The Morgan fingerprint density at radius 1 is 1.15 bits per heavy atom. The molecule has 0 amide bonds. The minimum absolute atomic E-state index is 0.0566. The summed E-state index contributed by atoms with van der Waals surface area (Å²) < 4.78 is 51.7. The summed E-state index contributed by atoms with van der Waals surface area (Å²) in [4.78, 5) is 3.81. The van der Waals surface area contributed by atoms with Gasteiger partial charge in [0.15, 0.2) is 0 Å². The molecule has 4 rings (SSSR count). The molecule has 1 unspecified atom stereocenters. The SMILES string of the molecule is C=C(c1ccc(-c2cnnn2COCC)cc1F)C(O)(Cn1cncn1)c1ccc(F)cc1F. The Morgan fingerprint density at radius 2 is 1.97 bits per heavy atom. The lowest BCUT2D eigenvalue weighted by Gasteiger charge is -2.31. The molecule has 2 aromatic carbocycles. The number of rotatable bonds is 9. The third-order valence-corrected chi connectivity index (χ3v) is 5.36. The van der Waals surface area contributed by atoms with Crippen LogP contribution in [0.25, 0.3) is 16.8 Å². The van der Waals surface area contributed by atoms with E-state index < -0.39 is 23.1 Å². The molecule has 11 heteroatoms. The molecule has 1 N–H and O–H groups in total. The molecule has 0 aliphatic rings. The number of ether oxygens (including phenoxy) is 1. The van der Waals surface area contributed by atoms with Crippen LogP contribution in [0.1, 0.15) is 18.1 Å². The minimum atomic E-state index is -2.16. The van der Waals surface area contributed by atoms with Crippen LogP contribution in [0.5, 0.6) is 0 Å². The van der Waals surface area contributed by atoms with Crippen molar-refractivity contribution in [2.24, 2.45) is 0 Å². The highest BCUT2D eigenvalue weighted by Gasteiger charge is 2.38. The molecule has 0 aliphatic carbocycles. The minimum Gasteiger partial charge on any atom is -0.378 e. The van der Waals surface area contributed by atoms with Crippen LogP contribution in [0.3, 0.4) is 0 Å². The maximum absolute atomic E-state index is 15.3. The Labute approximate surface area is 192 Å². The van der Waals surface area contributed by atoms with Crippen molar-refractivity contribution in [1.82, 2.24) is 29.8 Å². The first kappa shape index (κ1) is 23.3. The van der Waals surface area contributed by atoms with Crippen molar-refractivity contribution in [2.45, 2.75) is 25.8 Å². The molecular weight excluding hydrogens is 449 g/mol. The van der Waals surface area contributed by atoms with E-state index in [-0.39, 0.29) is 30.0 Å². The molecule has 0 fully saturated rings. The quantitative estimate of drug-likeness (QED) is 0.402. The fourth-order valence-electron chi connectivity index (χ4n) is 3.61. The van der Waals surface area contributed by atoms with Gasteiger partial charge in [0.05, 0.1) is 18.4 Å². The summed E-state index contributed by atoms with van der Waals surface area (Å²) in [5.41, 5.74) is -1.65. The van der Waals surface area contributed by atoms with Gasteiger partial charge < -0.3 is 9.84 Å². The Kier molecular flexibility index (Phi) is 6.57. The maximum atomic E-state index is 15.3. The number of hydrogen-bond donors (Lipinski definition) is 1. The highest BCUT2D eigenvalue weighted by Crippen LogP contribution is 2.39. The second kappa shape index (κ2) is 9.57. The Morgan fingerprint density at radius 3 is 2.65 bits per heavy atom. The normalized spacial score (nSPS) is 13.1. The highest BCUT2D eigenvalue weighted by molar-refractivity contribution is 5.74. The van der Waals surface area contributed by atoms with E-state index in [1.165, 1.54) is 40.3 Å². The van der Waals surface area contributed by atoms with Crippen molar-refractivity contribution in [3.63, 3.8) is 0 Å². The Hall–Kier alpha value is -3.83. The van der Waals surface area contributed by atoms with Crippen molar-refractivity contribution >= 4 is 5.57 Å². The average Bonchev–Trinajstić information content (AvgIpc) is 3.49. The molecule has 8 nitrogen and oxygen atoms in total. The van der Waals surface area contributed by atoms with Crippen LogP contribution in [-0.2, 0) is 23.6 Å². The summed E-state index contributed by atoms with van der Waals surface area (Å²) in [7, 11) is 0. The van der Waals surface area contributed by atoms with Gasteiger partial charge in [0, 0.05) is 29.4 Å². The highest BCUT2D eigenvalue weighted by atomic mass is 19.1. The number of nitrogens with zero attached hydrogens (tertiary/aromatic N) is 6. The molecule has 0 aliphatic heterocycles. The number of benzene rings is 2.